The van der Waals surface area contributed by atoms with Crippen molar-refractivity contribution in [3.05, 3.63) is 57.6 Å². The van der Waals surface area contributed by atoms with Crippen LogP contribution in [0.15, 0.2) is 40.9 Å². The number of ether oxygens (including phenoxy) is 2. The molecule has 3 rings (SSSR count). The molecule has 0 N–H and O–H groups in total. The molecule has 0 saturated heterocycles. The maximum atomic E-state index is 6.06. The number of hydrogen-bond acceptors (Lipinski definition) is 2. The first-order chi connectivity index (χ1) is 10.1. The Labute approximate surface area is 134 Å². The van der Waals surface area contributed by atoms with Crippen LogP contribution in [0.25, 0.3) is 0 Å². The molecule has 2 aromatic carbocycles. The van der Waals surface area contributed by atoms with Crippen molar-refractivity contribution in [1.82, 2.24) is 0 Å². The van der Waals surface area contributed by atoms with Gasteiger partial charge in [-0.2, -0.15) is 0 Å². The van der Waals surface area contributed by atoms with Crippen LogP contribution in [0.5, 0.6) is 11.5 Å². The summed E-state index contributed by atoms with van der Waals surface area (Å²) in [6.07, 6.45) is 0.977. The lowest BCUT2D eigenvalue weighted by Gasteiger charge is -2.15. The van der Waals surface area contributed by atoms with Crippen molar-refractivity contribution in [1.29, 1.82) is 0 Å². The maximum Gasteiger partial charge on any atom is 0.129 e. The van der Waals surface area contributed by atoms with Crippen molar-refractivity contribution < 1.29 is 9.47 Å². The molecule has 0 spiro atoms. The lowest BCUT2D eigenvalue weighted by Crippen LogP contribution is -2.01. The second-order valence-corrected chi connectivity index (χ2v) is 6.55. The fourth-order valence-corrected chi connectivity index (χ4v) is 3.25. The molecule has 0 unspecified atom stereocenters. The summed E-state index contributed by atoms with van der Waals surface area (Å²) in [6, 6.07) is 12.5. The van der Waals surface area contributed by atoms with E-state index in [4.69, 9.17) is 9.47 Å². The SMILES string of the molecule is CC(C)c1ccccc1OCc1cc(Br)cc2c1OCC2. The molecule has 2 nitrogen and oxygen atoms in total. The zero-order chi connectivity index (χ0) is 14.8. The number of fused-ring (bicyclic) bond motifs is 1. The highest BCUT2D eigenvalue weighted by Gasteiger charge is 2.18. The molecular weight excluding hydrogens is 328 g/mol. The lowest BCUT2D eigenvalue weighted by molar-refractivity contribution is 0.288. The van der Waals surface area contributed by atoms with E-state index < -0.39 is 0 Å². The van der Waals surface area contributed by atoms with Crippen LogP contribution in [0.3, 0.4) is 0 Å². The minimum absolute atomic E-state index is 0.450. The van der Waals surface area contributed by atoms with Gasteiger partial charge in [0.15, 0.2) is 0 Å². The molecule has 0 aromatic heterocycles. The third-order valence-electron chi connectivity index (χ3n) is 3.75. The maximum absolute atomic E-state index is 6.06. The summed E-state index contributed by atoms with van der Waals surface area (Å²) in [5.74, 6) is 2.41. The van der Waals surface area contributed by atoms with E-state index >= 15 is 0 Å². The average molecular weight is 347 g/mol. The van der Waals surface area contributed by atoms with Gasteiger partial charge in [-0.15, -0.1) is 0 Å². The van der Waals surface area contributed by atoms with Gasteiger partial charge in [-0.3, -0.25) is 0 Å². The van der Waals surface area contributed by atoms with Crippen molar-refractivity contribution in [2.45, 2.75) is 32.8 Å². The van der Waals surface area contributed by atoms with Gasteiger partial charge in [0, 0.05) is 16.5 Å². The first-order valence-electron chi connectivity index (χ1n) is 7.31. The Morgan fingerprint density at radius 2 is 2.05 bits per heavy atom. The van der Waals surface area contributed by atoms with Crippen molar-refractivity contribution in [3.63, 3.8) is 0 Å². The van der Waals surface area contributed by atoms with E-state index in [9.17, 15) is 0 Å². The number of benzene rings is 2. The van der Waals surface area contributed by atoms with Crippen LogP contribution in [0.2, 0.25) is 0 Å². The standard InChI is InChI=1S/C18H19BrO2/c1-12(2)16-5-3-4-6-17(16)21-11-14-10-15(19)9-13-7-8-20-18(13)14/h3-6,9-10,12H,7-8,11H2,1-2H3. The Hall–Kier alpha value is -1.48. The summed E-state index contributed by atoms with van der Waals surface area (Å²) in [7, 11) is 0. The second-order valence-electron chi connectivity index (χ2n) is 5.63. The van der Waals surface area contributed by atoms with Crippen molar-refractivity contribution in [2.75, 3.05) is 6.61 Å². The van der Waals surface area contributed by atoms with E-state index in [-0.39, 0.29) is 0 Å². The summed E-state index contributed by atoms with van der Waals surface area (Å²) in [5, 5.41) is 0. The lowest BCUT2D eigenvalue weighted by atomic mass is 10.0. The highest BCUT2D eigenvalue weighted by molar-refractivity contribution is 9.10. The first kappa shape index (κ1) is 14.5. The normalized spacial score (nSPS) is 13.1. The third-order valence-corrected chi connectivity index (χ3v) is 4.21. The quantitative estimate of drug-likeness (QED) is 0.767. The Morgan fingerprint density at radius 1 is 1.24 bits per heavy atom. The molecule has 1 aliphatic heterocycles. The average Bonchev–Trinajstić information content (AvgIpc) is 2.93. The molecular formula is C18H19BrO2. The topological polar surface area (TPSA) is 18.5 Å². The third kappa shape index (κ3) is 3.08. The number of halogens is 1. The molecule has 2 aromatic rings. The fourth-order valence-electron chi connectivity index (χ4n) is 2.70. The molecule has 3 heteroatoms. The monoisotopic (exact) mass is 346 g/mol. The molecule has 0 saturated carbocycles. The Kier molecular flexibility index (Phi) is 4.20. The summed E-state index contributed by atoms with van der Waals surface area (Å²) in [5.41, 5.74) is 3.61. The van der Waals surface area contributed by atoms with Crippen LogP contribution in [0, 0.1) is 0 Å². The second kappa shape index (κ2) is 6.10. The van der Waals surface area contributed by atoms with E-state index in [0.29, 0.717) is 12.5 Å². The minimum atomic E-state index is 0.450. The van der Waals surface area contributed by atoms with E-state index in [1.54, 1.807) is 0 Å². The minimum Gasteiger partial charge on any atom is -0.493 e. The largest absolute Gasteiger partial charge is 0.493 e. The molecule has 21 heavy (non-hydrogen) atoms. The molecule has 110 valence electrons. The Bertz CT molecular complexity index is 650. The van der Waals surface area contributed by atoms with Crippen LogP contribution in [0.4, 0.5) is 0 Å². The Balaban J connectivity index is 1.83. The molecule has 0 aliphatic carbocycles. The fraction of sp³-hybridized carbons (Fsp3) is 0.333. The summed E-state index contributed by atoms with van der Waals surface area (Å²) in [4.78, 5) is 0. The van der Waals surface area contributed by atoms with E-state index in [2.05, 4.69) is 54.0 Å². The highest BCUT2D eigenvalue weighted by Crippen LogP contribution is 2.34. The molecule has 0 fully saturated rings. The van der Waals surface area contributed by atoms with Gasteiger partial charge in [0.2, 0.25) is 0 Å². The number of para-hydroxylation sites is 1. The van der Waals surface area contributed by atoms with Gasteiger partial charge >= 0.3 is 0 Å². The molecule has 1 aliphatic rings. The molecule has 0 atom stereocenters. The van der Waals surface area contributed by atoms with Gasteiger partial charge in [0.1, 0.15) is 18.1 Å². The zero-order valence-corrected chi connectivity index (χ0v) is 13.9. The van der Waals surface area contributed by atoms with E-state index in [1.165, 1.54) is 11.1 Å². The molecule has 1 heterocycles. The van der Waals surface area contributed by atoms with Crippen LogP contribution >= 0.6 is 15.9 Å². The number of rotatable bonds is 4. The van der Waals surface area contributed by atoms with Crippen molar-refractivity contribution in [2.24, 2.45) is 0 Å². The van der Waals surface area contributed by atoms with E-state index in [1.807, 2.05) is 12.1 Å². The Morgan fingerprint density at radius 3 is 2.86 bits per heavy atom. The molecule has 0 radical (unpaired) electrons. The molecule has 0 bridgehead atoms. The van der Waals surface area contributed by atoms with Crippen molar-refractivity contribution in [3.8, 4) is 11.5 Å². The zero-order valence-electron chi connectivity index (χ0n) is 12.4. The first-order valence-corrected chi connectivity index (χ1v) is 8.10. The predicted molar refractivity (Wildman–Crippen MR) is 88.2 cm³/mol. The van der Waals surface area contributed by atoms with Crippen molar-refractivity contribution >= 4 is 15.9 Å². The predicted octanol–water partition coefficient (Wildman–Crippen LogP) is 5.09. The van der Waals surface area contributed by atoms with Gasteiger partial charge < -0.3 is 9.47 Å². The van der Waals surface area contributed by atoms with Gasteiger partial charge in [-0.05, 0) is 35.2 Å². The number of hydrogen-bond donors (Lipinski definition) is 0. The van der Waals surface area contributed by atoms with Gasteiger partial charge in [0.05, 0.1) is 6.61 Å². The summed E-state index contributed by atoms with van der Waals surface area (Å²) in [6.45, 7) is 5.66. The van der Waals surface area contributed by atoms with Crippen LogP contribution in [-0.4, -0.2) is 6.61 Å². The van der Waals surface area contributed by atoms with Gasteiger partial charge in [-0.1, -0.05) is 48.0 Å². The van der Waals surface area contributed by atoms with E-state index in [0.717, 1.165) is 34.6 Å². The van der Waals surface area contributed by atoms with Gasteiger partial charge in [0.25, 0.3) is 0 Å². The van der Waals surface area contributed by atoms with Crippen LogP contribution < -0.4 is 9.47 Å². The van der Waals surface area contributed by atoms with Gasteiger partial charge in [-0.25, -0.2) is 0 Å². The smallest absolute Gasteiger partial charge is 0.129 e. The van der Waals surface area contributed by atoms with Crippen LogP contribution in [0.1, 0.15) is 36.5 Å². The highest BCUT2D eigenvalue weighted by atomic mass is 79.9. The molecule has 0 amide bonds. The summed E-state index contributed by atoms with van der Waals surface area (Å²) >= 11 is 3.57. The van der Waals surface area contributed by atoms with Crippen LogP contribution in [-0.2, 0) is 13.0 Å². The summed E-state index contributed by atoms with van der Waals surface area (Å²) < 4.78 is 12.9.